The number of rotatable bonds is 4. The van der Waals surface area contributed by atoms with Crippen LogP contribution in [0.4, 0.5) is 0 Å². The van der Waals surface area contributed by atoms with Gasteiger partial charge in [-0.15, -0.1) is 12.3 Å². The standard InChI is InChI=1S/C25H20O3/c1-2-17(15-14-16-8-4-3-5-9-16)22-18-10-6-12-20(26)23(18)25(28)24-19(22)11-7-13-21(24)27/h1,3-13,17,22,26-27H,14-15H2/t17-/m1/s1. The van der Waals surface area contributed by atoms with Gasteiger partial charge in [0.15, 0.2) is 0 Å². The number of hydrogen-bond donors (Lipinski definition) is 2. The molecule has 3 aromatic carbocycles. The highest BCUT2D eigenvalue weighted by atomic mass is 16.3. The van der Waals surface area contributed by atoms with E-state index in [1.54, 1.807) is 12.1 Å². The van der Waals surface area contributed by atoms with Crippen molar-refractivity contribution in [3.63, 3.8) is 0 Å². The molecule has 1 atom stereocenters. The summed E-state index contributed by atoms with van der Waals surface area (Å²) < 4.78 is 0. The largest absolute Gasteiger partial charge is 0.507 e. The summed E-state index contributed by atoms with van der Waals surface area (Å²) in [7, 11) is 0. The van der Waals surface area contributed by atoms with Gasteiger partial charge in [-0.2, -0.15) is 0 Å². The van der Waals surface area contributed by atoms with Crippen LogP contribution < -0.4 is 0 Å². The molecule has 0 bridgehead atoms. The predicted molar refractivity (Wildman–Crippen MR) is 109 cm³/mol. The first-order chi connectivity index (χ1) is 13.6. The number of benzene rings is 3. The SMILES string of the molecule is C#C[C@H](CCc1ccccc1)C1c2cccc(O)c2C(=O)c2c(O)cccc21. The van der Waals surface area contributed by atoms with Crippen molar-refractivity contribution >= 4 is 5.78 Å². The number of phenolic OH excluding ortho intramolecular Hbond substituents is 2. The Kier molecular flexibility index (Phi) is 4.63. The molecule has 0 fully saturated rings. The van der Waals surface area contributed by atoms with E-state index in [0.29, 0.717) is 0 Å². The van der Waals surface area contributed by atoms with Crippen molar-refractivity contribution in [3.8, 4) is 23.8 Å². The molecular weight excluding hydrogens is 348 g/mol. The fourth-order valence-corrected chi connectivity index (χ4v) is 4.17. The Bertz CT molecular complexity index is 1020. The number of phenols is 2. The van der Waals surface area contributed by atoms with Crippen molar-refractivity contribution in [2.24, 2.45) is 5.92 Å². The van der Waals surface area contributed by atoms with E-state index in [1.165, 1.54) is 17.7 Å². The summed E-state index contributed by atoms with van der Waals surface area (Å²) in [6.45, 7) is 0. The second-order valence-corrected chi connectivity index (χ2v) is 7.09. The zero-order valence-corrected chi connectivity index (χ0v) is 15.3. The monoisotopic (exact) mass is 368 g/mol. The summed E-state index contributed by atoms with van der Waals surface area (Å²) in [5, 5.41) is 20.7. The van der Waals surface area contributed by atoms with Crippen LogP contribution in [0.3, 0.4) is 0 Å². The maximum Gasteiger partial charge on any atom is 0.201 e. The molecule has 0 aliphatic heterocycles. The molecule has 138 valence electrons. The first kappa shape index (κ1) is 17.9. The van der Waals surface area contributed by atoms with Crippen LogP contribution in [0.15, 0.2) is 66.7 Å². The van der Waals surface area contributed by atoms with Crippen molar-refractivity contribution in [3.05, 3.63) is 94.5 Å². The van der Waals surface area contributed by atoms with Gasteiger partial charge in [-0.1, -0.05) is 54.6 Å². The van der Waals surface area contributed by atoms with Gasteiger partial charge in [0.05, 0.1) is 11.1 Å². The molecule has 28 heavy (non-hydrogen) atoms. The van der Waals surface area contributed by atoms with Gasteiger partial charge < -0.3 is 10.2 Å². The molecule has 0 spiro atoms. The third kappa shape index (κ3) is 2.93. The van der Waals surface area contributed by atoms with Crippen LogP contribution in [0.25, 0.3) is 0 Å². The summed E-state index contributed by atoms with van der Waals surface area (Å²) in [6, 6.07) is 20.2. The first-order valence-electron chi connectivity index (χ1n) is 9.30. The van der Waals surface area contributed by atoms with E-state index in [2.05, 4.69) is 18.1 Å². The fraction of sp³-hybridized carbons (Fsp3) is 0.160. The minimum Gasteiger partial charge on any atom is -0.507 e. The maximum atomic E-state index is 13.0. The lowest BCUT2D eigenvalue weighted by Crippen LogP contribution is -2.25. The summed E-state index contributed by atoms with van der Waals surface area (Å²) in [5.74, 6) is 1.92. The minimum absolute atomic E-state index is 0.0831. The number of ketones is 1. The molecule has 1 aliphatic carbocycles. The van der Waals surface area contributed by atoms with Crippen molar-refractivity contribution < 1.29 is 15.0 Å². The van der Waals surface area contributed by atoms with Gasteiger partial charge in [0.1, 0.15) is 11.5 Å². The summed E-state index contributed by atoms with van der Waals surface area (Å²) >= 11 is 0. The van der Waals surface area contributed by atoms with E-state index in [9.17, 15) is 15.0 Å². The van der Waals surface area contributed by atoms with E-state index < -0.39 is 0 Å². The van der Waals surface area contributed by atoms with E-state index in [4.69, 9.17) is 6.42 Å². The number of aryl methyl sites for hydroxylation is 1. The number of terminal acetylenes is 1. The van der Waals surface area contributed by atoms with Crippen molar-refractivity contribution in [1.29, 1.82) is 0 Å². The number of carbonyl (C=O) groups is 1. The number of aromatic hydroxyl groups is 2. The molecule has 0 radical (unpaired) electrons. The summed E-state index contributed by atoms with van der Waals surface area (Å²) in [6.07, 6.45) is 7.47. The average molecular weight is 368 g/mol. The lowest BCUT2D eigenvalue weighted by Gasteiger charge is -2.32. The van der Waals surface area contributed by atoms with E-state index in [1.807, 2.05) is 30.3 Å². The van der Waals surface area contributed by atoms with E-state index >= 15 is 0 Å². The fourth-order valence-electron chi connectivity index (χ4n) is 4.17. The molecule has 3 nitrogen and oxygen atoms in total. The third-order valence-electron chi connectivity index (χ3n) is 5.48. The molecule has 3 aromatic rings. The highest BCUT2D eigenvalue weighted by Gasteiger charge is 2.38. The van der Waals surface area contributed by atoms with Crippen LogP contribution in [0.1, 0.15) is 45.0 Å². The Morgan fingerprint density at radius 2 is 1.43 bits per heavy atom. The van der Waals surface area contributed by atoms with Gasteiger partial charge in [0.2, 0.25) is 5.78 Å². The second-order valence-electron chi connectivity index (χ2n) is 7.09. The Morgan fingerprint density at radius 3 is 1.96 bits per heavy atom. The molecule has 0 saturated carbocycles. The Morgan fingerprint density at radius 1 is 0.857 bits per heavy atom. The van der Waals surface area contributed by atoms with Gasteiger partial charge in [-0.3, -0.25) is 4.79 Å². The van der Waals surface area contributed by atoms with Crippen LogP contribution in [0.2, 0.25) is 0 Å². The van der Waals surface area contributed by atoms with Crippen molar-refractivity contribution in [2.45, 2.75) is 18.8 Å². The van der Waals surface area contributed by atoms with Crippen LogP contribution in [-0.2, 0) is 6.42 Å². The van der Waals surface area contributed by atoms with Crippen LogP contribution >= 0.6 is 0 Å². The zero-order valence-electron chi connectivity index (χ0n) is 15.3. The number of fused-ring (bicyclic) bond motifs is 2. The molecule has 4 rings (SSSR count). The van der Waals surface area contributed by atoms with E-state index in [0.717, 1.165) is 24.0 Å². The third-order valence-corrected chi connectivity index (χ3v) is 5.48. The van der Waals surface area contributed by atoms with E-state index in [-0.39, 0.29) is 40.2 Å². The van der Waals surface area contributed by atoms with Gasteiger partial charge in [-0.05, 0) is 41.7 Å². The topological polar surface area (TPSA) is 57.5 Å². The van der Waals surface area contributed by atoms with Gasteiger partial charge >= 0.3 is 0 Å². The highest BCUT2D eigenvalue weighted by molar-refractivity contribution is 6.15. The van der Waals surface area contributed by atoms with Gasteiger partial charge in [0, 0.05) is 11.8 Å². The maximum absolute atomic E-state index is 13.0. The molecule has 1 aliphatic rings. The van der Waals surface area contributed by atoms with Crippen LogP contribution in [-0.4, -0.2) is 16.0 Å². The Balaban J connectivity index is 1.81. The number of carbonyl (C=O) groups excluding carboxylic acids is 1. The molecule has 0 aromatic heterocycles. The van der Waals surface area contributed by atoms with Gasteiger partial charge in [0.25, 0.3) is 0 Å². The van der Waals surface area contributed by atoms with Crippen LogP contribution in [0, 0.1) is 18.3 Å². The number of hydrogen-bond acceptors (Lipinski definition) is 3. The summed E-state index contributed by atoms with van der Waals surface area (Å²) in [5.41, 5.74) is 3.11. The first-order valence-corrected chi connectivity index (χ1v) is 9.30. The molecular formula is C25H20O3. The normalized spacial score (nSPS) is 14.0. The Hall–Kier alpha value is -3.51. The second kappa shape index (κ2) is 7.25. The molecule has 0 unspecified atom stereocenters. The lowest BCUT2D eigenvalue weighted by atomic mass is 9.70. The average Bonchev–Trinajstić information content (AvgIpc) is 2.71. The molecule has 3 heteroatoms. The van der Waals surface area contributed by atoms with Crippen molar-refractivity contribution in [1.82, 2.24) is 0 Å². The Labute approximate surface area is 164 Å². The molecule has 2 N–H and O–H groups in total. The minimum atomic E-state index is -0.365. The predicted octanol–water partition coefficient (Wildman–Crippen LogP) is 4.66. The summed E-state index contributed by atoms with van der Waals surface area (Å²) in [4.78, 5) is 13.0. The molecule has 0 saturated heterocycles. The quantitative estimate of drug-likeness (QED) is 0.659. The van der Waals surface area contributed by atoms with Crippen LogP contribution in [0.5, 0.6) is 11.5 Å². The smallest absolute Gasteiger partial charge is 0.201 e. The highest BCUT2D eigenvalue weighted by Crippen LogP contribution is 2.46. The zero-order chi connectivity index (χ0) is 19.7. The van der Waals surface area contributed by atoms with Crippen molar-refractivity contribution in [2.75, 3.05) is 0 Å². The molecule has 0 heterocycles. The van der Waals surface area contributed by atoms with Gasteiger partial charge in [-0.25, -0.2) is 0 Å². The molecule has 0 amide bonds. The lowest BCUT2D eigenvalue weighted by molar-refractivity contribution is 0.102.